The lowest BCUT2D eigenvalue weighted by Crippen LogP contribution is -2.46. The molecule has 0 aliphatic carbocycles. The van der Waals surface area contributed by atoms with Gasteiger partial charge in [0.25, 0.3) is 0 Å². The Morgan fingerprint density at radius 1 is 1.55 bits per heavy atom. The van der Waals surface area contributed by atoms with E-state index in [1.807, 2.05) is 0 Å². The van der Waals surface area contributed by atoms with Crippen LogP contribution < -0.4 is 5.32 Å². The molecule has 0 bridgehead atoms. The van der Waals surface area contributed by atoms with Gasteiger partial charge in [-0.25, -0.2) is 0 Å². The maximum absolute atomic E-state index is 12.2. The Labute approximate surface area is 133 Å². The van der Waals surface area contributed by atoms with Crippen molar-refractivity contribution in [3.05, 3.63) is 27.8 Å². The lowest BCUT2D eigenvalue weighted by atomic mass is 9.92. The molecule has 0 aromatic heterocycles. The van der Waals surface area contributed by atoms with E-state index in [0.29, 0.717) is 6.04 Å². The van der Waals surface area contributed by atoms with Gasteiger partial charge in [0.1, 0.15) is 5.54 Å². The van der Waals surface area contributed by atoms with Crippen LogP contribution in [0.2, 0.25) is 0 Å². The number of nitrogens with one attached hydrogen (secondary N) is 1. The van der Waals surface area contributed by atoms with Crippen LogP contribution in [0.15, 0.2) is 24.3 Å². The highest BCUT2D eigenvalue weighted by Gasteiger charge is 2.54. The summed E-state index contributed by atoms with van der Waals surface area (Å²) in [5.41, 5.74) is 0.747. The molecule has 2 aliphatic rings. The van der Waals surface area contributed by atoms with Crippen molar-refractivity contribution in [2.45, 2.75) is 30.8 Å². The van der Waals surface area contributed by atoms with Gasteiger partial charge in [0.15, 0.2) is 0 Å². The smallest absolute Gasteiger partial charge is 0.326 e. The summed E-state index contributed by atoms with van der Waals surface area (Å²) in [6.45, 7) is 1.92. The van der Waals surface area contributed by atoms with Gasteiger partial charge in [-0.1, -0.05) is 6.07 Å². The fourth-order valence-electron chi connectivity index (χ4n) is 3.59. The van der Waals surface area contributed by atoms with E-state index in [1.165, 1.54) is 10.7 Å². The highest BCUT2D eigenvalue weighted by molar-refractivity contribution is 14.1. The molecule has 0 amide bonds. The number of methoxy groups -OCH3 is 1. The molecular weight excluding hydrogens is 367 g/mol. The van der Waals surface area contributed by atoms with Crippen molar-refractivity contribution >= 4 is 34.2 Å². The predicted molar refractivity (Wildman–Crippen MR) is 86.7 cm³/mol. The Morgan fingerprint density at radius 2 is 2.40 bits per heavy atom. The summed E-state index contributed by atoms with van der Waals surface area (Å²) in [7, 11) is 1.49. The molecule has 2 heterocycles. The highest BCUT2D eigenvalue weighted by Crippen LogP contribution is 2.40. The number of anilines is 1. The lowest BCUT2D eigenvalue weighted by Gasteiger charge is -2.28. The highest BCUT2D eigenvalue weighted by atomic mass is 127. The third kappa shape index (κ3) is 2.41. The third-order valence-electron chi connectivity index (χ3n) is 4.41. The maximum atomic E-state index is 12.2. The second kappa shape index (κ2) is 5.52. The number of carbonyl (C=O) groups is 1. The molecule has 0 saturated carbocycles. The Morgan fingerprint density at radius 3 is 3.15 bits per heavy atom. The molecule has 2 atom stereocenters. The van der Waals surface area contributed by atoms with Gasteiger partial charge in [-0.2, -0.15) is 0 Å². The zero-order valence-electron chi connectivity index (χ0n) is 11.6. The number of rotatable bonds is 3. The average Bonchev–Trinajstić information content (AvgIpc) is 2.95. The van der Waals surface area contributed by atoms with Crippen LogP contribution >= 0.6 is 22.6 Å². The van der Waals surface area contributed by atoms with Crippen LogP contribution in [0.4, 0.5) is 5.69 Å². The Hall–Kier alpha value is -0.820. The molecule has 0 radical (unpaired) electrons. The van der Waals surface area contributed by atoms with Crippen molar-refractivity contribution in [2.24, 2.45) is 0 Å². The molecule has 2 saturated heterocycles. The second-order valence-electron chi connectivity index (χ2n) is 5.63. The lowest BCUT2D eigenvalue weighted by molar-refractivity contribution is -0.151. The molecule has 4 nitrogen and oxygen atoms in total. The van der Waals surface area contributed by atoms with Crippen molar-refractivity contribution in [1.29, 1.82) is 0 Å². The Balaban J connectivity index is 1.74. The zero-order chi connectivity index (χ0) is 14.2. The first-order chi connectivity index (χ1) is 9.64. The van der Waals surface area contributed by atoms with Gasteiger partial charge in [-0.3, -0.25) is 9.69 Å². The molecule has 20 heavy (non-hydrogen) atoms. The maximum Gasteiger partial charge on any atom is 0.326 e. The van der Waals surface area contributed by atoms with Gasteiger partial charge in [0.2, 0.25) is 0 Å². The number of benzene rings is 1. The van der Waals surface area contributed by atoms with Crippen LogP contribution in [0.5, 0.6) is 0 Å². The molecule has 2 fully saturated rings. The summed E-state index contributed by atoms with van der Waals surface area (Å²) < 4.78 is 6.26. The van der Waals surface area contributed by atoms with Crippen molar-refractivity contribution in [2.75, 3.05) is 25.5 Å². The number of esters is 1. The second-order valence-corrected chi connectivity index (χ2v) is 6.87. The van der Waals surface area contributed by atoms with Gasteiger partial charge in [-0.05, 0) is 66.6 Å². The average molecular weight is 386 g/mol. The van der Waals surface area contributed by atoms with Crippen molar-refractivity contribution in [3.8, 4) is 0 Å². The van der Waals surface area contributed by atoms with Crippen LogP contribution in [-0.2, 0) is 9.53 Å². The van der Waals surface area contributed by atoms with E-state index in [4.69, 9.17) is 4.74 Å². The molecule has 1 N–H and O–H groups in total. The monoisotopic (exact) mass is 386 g/mol. The summed E-state index contributed by atoms with van der Waals surface area (Å²) in [5.74, 6) is -0.0676. The number of fused-ring (bicyclic) bond motifs is 1. The summed E-state index contributed by atoms with van der Waals surface area (Å²) in [6, 6.07) is 8.66. The molecular formula is C15H19IN2O2. The first kappa shape index (κ1) is 14.1. The fraction of sp³-hybridized carbons (Fsp3) is 0.533. The number of hydrogen-bond donors (Lipinski definition) is 1. The zero-order valence-corrected chi connectivity index (χ0v) is 13.7. The van der Waals surface area contributed by atoms with Crippen molar-refractivity contribution in [1.82, 2.24) is 4.90 Å². The van der Waals surface area contributed by atoms with E-state index < -0.39 is 0 Å². The van der Waals surface area contributed by atoms with Gasteiger partial charge in [0, 0.05) is 21.8 Å². The molecule has 5 heteroatoms. The predicted octanol–water partition coefficient (Wildman–Crippen LogP) is 2.48. The van der Waals surface area contributed by atoms with E-state index in [-0.39, 0.29) is 11.5 Å². The van der Waals surface area contributed by atoms with Crippen molar-refractivity contribution < 1.29 is 9.53 Å². The first-order valence-corrected chi connectivity index (χ1v) is 8.07. The van der Waals surface area contributed by atoms with E-state index >= 15 is 0 Å². The minimum Gasteiger partial charge on any atom is -0.468 e. The van der Waals surface area contributed by atoms with Gasteiger partial charge < -0.3 is 10.1 Å². The topological polar surface area (TPSA) is 41.6 Å². The standard InChI is InChI=1S/C15H19IN2O2/c1-20-14(19)15-6-3-7-18(15)10-13(9-15)17-12-5-2-4-11(16)8-12/h2,4-5,8,13,17H,3,6-7,9-10H2,1H3/t13-,15+/m1/s1. The summed E-state index contributed by atoms with van der Waals surface area (Å²) in [6.07, 6.45) is 2.85. The molecule has 1 aromatic rings. The number of hydrogen-bond acceptors (Lipinski definition) is 4. The van der Waals surface area contributed by atoms with E-state index in [2.05, 4.69) is 57.1 Å². The Kier molecular flexibility index (Phi) is 3.90. The van der Waals surface area contributed by atoms with E-state index in [9.17, 15) is 4.79 Å². The van der Waals surface area contributed by atoms with Gasteiger partial charge in [-0.15, -0.1) is 0 Å². The summed E-state index contributed by atoms with van der Waals surface area (Å²) in [4.78, 5) is 14.5. The fourth-order valence-corrected chi connectivity index (χ4v) is 4.13. The van der Waals surface area contributed by atoms with E-state index in [0.717, 1.165) is 38.0 Å². The molecule has 2 aliphatic heterocycles. The number of halogens is 1. The largest absolute Gasteiger partial charge is 0.468 e. The first-order valence-electron chi connectivity index (χ1n) is 7.00. The SMILES string of the molecule is COC(=O)[C@@]12CCCN1C[C@H](Nc1cccc(I)c1)C2. The van der Waals surface area contributed by atoms with E-state index in [1.54, 1.807) is 0 Å². The third-order valence-corrected chi connectivity index (χ3v) is 5.08. The molecule has 0 unspecified atom stereocenters. The molecule has 108 valence electrons. The number of nitrogens with zero attached hydrogens (tertiary/aromatic N) is 1. The van der Waals surface area contributed by atoms with Crippen molar-refractivity contribution in [3.63, 3.8) is 0 Å². The molecule has 3 rings (SSSR count). The molecule has 1 aromatic carbocycles. The van der Waals surface area contributed by atoms with Crippen LogP contribution in [0.25, 0.3) is 0 Å². The molecule has 0 spiro atoms. The van der Waals surface area contributed by atoms with Crippen LogP contribution in [0.1, 0.15) is 19.3 Å². The quantitative estimate of drug-likeness (QED) is 0.640. The summed E-state index contributed by atoms with van der Waals surface area (Å²) >= 11 is 2.31. The van der Waals surface area contributed by atoms with Gasteiger partial charge >= 0.3 is 5.97 Å². The van der Waals surface area contributed by atoms with Crippen LogP contribution in [0, 0.1) is 3.57 Å². The minimum atomic E-state index is -0.381. The number of carbonyl (C=O) groups excluding carboxylic acids is 1. The van der Waals surface area contributed by atoms with Gasteiger partial charge in [0.05, 0.1) is 7.11 Å². The van der Waals surface area contributed by atoms with Crippen LogP contribution in [0.3, 0.4) is 0 Å². The summed E-state index contributed by atoms with van der Waals surface area (Å²) in [5, 5.41) is 3.56. The number of ether oxygens (including phenoxy) is 1. The Bertz CT molecular complexity index is 522. The van der Waals surface area contributed by atoms with Crippen LogP contribution in [-0.4, -0.2) is 42.6 Å². The minimum absolute atomic E-state index is 0.0676. The normalized spacial score (nSPS) is 29.2.